The summed E-state index contributed by atoms with van der Waals surface area (Å²) >= 11 is 7.03. The van der Waals surface area contributed by atoms with Crippen molar-refractivity contribution in [3.63, 3.8) is 0 Å². The van der Waals surface area contributed by atoms with Gasteiger partial charge in [0.05, 0.1) is 11.7 Å². The van der Waals surface area contributed by atoms with E-state index in [9.17, 15) is 0 Å². The van der Waals surface area contributed by atoms with Crippen LogP contribution in [0.1, 0.15) is 0 Å². The van der Waals surface area contributed by atoms with Gasteiger partial charge in [0.15, 0.2) is 0 Å². The Morgan fingerprint density at radius 2 is 1.85 bits per heavy atom. The molecule has 70 valence electrons. The molecule has 1 saturated heterocycles. The molecule has 0 aromatic heterocycles. The molecule has 0 amide bonds. The van der Waals surface area contributed by atoms with E-state index in [1.54, 1.807) is 0 Å². The van der Waals surface area contributed by atoms with Gasteiger partial charge in [0.25, 0.3) is 0 Å². The van der Waals surface area contributed by atoms with Crippen LogP contribution in [0.3, 0.4) is 0 Å². The number of hydrogen-bond acceptors (Lipinski definition) is 2. The van der Waals surface area contributed by atoms with E-state index in [1.165, 1.54) is 0 Å². The first-order chi connectivity index (χ1) is 6.27. The molecule has 1 aromatic rings. The van der Waals surface area contributed by atoms with E-state index in [4.69, 9.17) is 0 Å². The molecule has 0 saturated carbocycles. The highest BCUT2D eigenvalue weighted by Crippen LogP contribution is 2.31. The Morgan fingerprint density at radius 3 is 2.31 bits per heavy atom. The summed E-state index contributed by atoms with van der Waals surface area (Å²) in [5.74, 6) is 0. The summed E-state index contributed by atoms with van der Waals surface area (Å²) in [6.07, 6.45) is 0. The molecule has 0 radical (unpaired) electrons. The van der Waals surface area contributed by atoms with Gasteiger partial charge in [-0.3, -0.25) is 0 Å². The molecular formula is C9H10Br2N2. The van der Waals surface area contributed by atoms with Crippen LogP contribution in [0.2, 0.25) is 0 Å². The van der Waals surface area contributed by atoms with E-state index in [2.05, 4.69) is 42.5 Å². The highest BCUT2D eigenvalue weighted by Gasteiger charge is 2.17. The molecule has 0 unspecified atom stereocenters. The first-order valence-electron chi connectivity index (χ1n) is 4.18. The van der Waals surface area contributed by atoms with Crippen molar-refractivity contribution in [3.05, 3.63) is 27.1 Å². The second kappa shape index (κ2) is 3.98. The summed E-state index contributed by atoms with van der Waals surface area (Å²) < 4.78 is 2.21. The predicted octanol–water partition coefficient (Wildman–Crippen LogP) is 2.60. The molecule has 1 aromatic carbocycles. The summed E-state index contributed by atoms with van der Waals surface area (Å²) in [5, 5.41) is 6.69. The SMILES string of the molecule is Brc1cccc(Br)c1NC1CNC1. The Morgan fingerprint density at radius 1 is 1.23 bits per heavy atom. The molecule has 0 atom stereocenters. The molecule has 2 rings (SSSR count). The van der Waals surface area contributed by atoms with Gasteiger partial charge >= 0.3 is 0 Å². The van der Waals surface area contributed by atoms with Gasteiger partial charge in [-0.1, -0.05) is 6.07 Å². The topological polar surface area (TPSA) is 24.1 Å². The fourth-order valence-electron chi connectivity index (χ4n) is 1.23. The fraction of sp³-hybridized carbons (Fsp3) is 0.333. The zero-order valence-corrected chi connectivity index (χ0v) is 10.2. The summed E-state index contributed by atoms with van der Waals surface area (Å²) in [5.41, 5.74) is 1.15. The van der Waals surface area contributed by atoms with Gasteiger partial charge in [-0.2, -0.15) is 0 Å². The fourth-order valence-corrected chi connectivity index (χ4v) is 2.46. The third kappa shape index (κ3) is 2.06. The molecular weight excluding hydrogens is 296 g/mol. The largest absolute Gasteiger partial charge is 0.378 e. The van der Waals surface area contributed by atoms with E-state index in [0.29, 0.717) is 6.04 Å². The van der Waals surface area contributed by atoms with Gasteiger partial charge < -0.3 is 10.6 Å². The molecule has 2 nitrogen and oxygen atoms in total. The van der Waals surface area contributed by atoms with Crippen molar-refractivity contribution in [2.75, 3.05) is 18.4 Å². The van der Waals surface area contributed by atoms with Crippen molar-refractivity contribution >= 4 is 37.5 Å². The third-order valence-corrected chi connectivity index (χ3v) is 3.41. The highest BCUT2D eigenvalue weighted by molar-refractivity contribution is 9.11. The van der Waals surface area contributed by atoms with Crippen molar-refractivity contribution in [1.82, 2.24) is 5.32 Å². The first kappa shape index (κ1) is 9.49. The van der Waals surface area contributed by atoms with Crippen LogP contribution in [-0.4, -0.2) is 19.1 Å². The number of hydrogen-bond donors (Lipinski definition) is 2. The molecule has 0 spiro atoms. The molecule has 4 heteroatoms. The number of para-hydroxylation sites is 1. The minimum atomic E-state index is 0.565. The summed E-state index contributed by atoms with van der Waals surface area (Å²) in [6, 6.07) is 6.66. The van der Waals surface area contributed by atoms with Crippen molar-refractivity contribution in [1.29, 1.82) is 0 Å². The van der Waals surface area contributed by atoms with E-state index < -0.39 is 0 Å². The first-order valence-corrected chi connectivity index (χ1v) is 5.77. The van der Waals surface area contributed by atoms with Crippen LogP contribution in [0.25, 0.3) is 0 Å². The minimum Gasteiger partial charge on any atom is -0.378 e. The Labute approximate surface area is 94.4 Å². The maximum absolute atomic E-state index is 3.52. The normalized spacial score (nSPS) is 16.8. The van der Waals surface area contributed by atoms with Gasteiger partial charge in [0.2, 0.25) is 0 Å². The zero-order valence-electron chi connectivity index (χ0n) is 6.98. The average Bonchev–Trinajstić information content (AvgIpc) is 2.00. The van der Waals surface area contributed by atoms with Gasteiger partial charge in [0.1, 0.15) is 0 Å². The molecule has 1 aliphatic rings. The van der Waals surface area contributed by atoms with Crippen LogP contribution in [-0.2, 0) is 0 Å². The molecule has 0 bridgehead atoms. The lowest BCUT2D eigenvalue weighted by molar-refractivity contribution is 0.472. The molecule has 0 aliphatic carbocycles. The van der Waals surface area contributed by atoms with Gasteiger partial charge in [0, 0.05) is 22.0 Å². The van der Waals surface area contributed by atoms with E-state index in [-0.39, 0.29) is 0 Å². The smallest absolute Gasteiger partial charge is 0.0632 e. The molecule has 1 fully saturated rings. The lowest BCUT2D eigenvalue weighted by Gasteiger charge is -2.29. The number of halogens is 2. The number of anilines is 1. The van der Waals surface area contributed by atoms with Gasteiger partial charge in [-0.05, 0) is 44.0 Å². The van der Waals surface area contributed by atoms with Crippen molar-refractivity contribution in [3.8, 4) is 0 Å². The summed E-state index contributed by atoms with van der Waals surface area (Å²) in [4.78, 5) is 0. The Hall–Kier alpha value is -0.0600. The van der Waals surface area contributed by atoms with Crippen molar-refractivity contribution < 1.29 is 0 Å². The zero-order chi connectivity index (χ0) is 9.26. The summed E-state index contributed by atoms with van der Waals surface area (Å²) in [6.45, 7) is 2.10. The van der Waals surface area contributed by atoms with Crippen LogP contribution >= 0.6 is 31.9 Å². The Bertz CT molecular complexity index is 290. The predicted molar refractivity (Wildman–Crippen MR) is 62.1 cm³/mol. The lowest BCUT2D eigenvalue weighted by atomic mass is 10.1. The maximum atomic E-state index is 3.52. The van der Waals surface area contributed by atoms with E-state index >= 15 is 0 Å². The minimum absolute atomic E-state index is 0.565. The Balaban J connectivity index is 2.17. The number of rotatable bonds is 2. The number of benzene rings is 1. The number of nitrogens with one attached hydrogen (secondary N) is 2. The van der Waals surface area contributed by atoms with Gasteiger partial charge in [-0.25, -0.2) is 0 Å². The van der Waals surface area contributed by atoms with Gasteiger partial charge in [-0.15, -0.1) is 0 Å². The molecule has 13 heavy (non-hydrogen) atoms. The van der Waals surface area contributed by atoms with Crippen LogP contribution < -0.4 is 10.6 Å². The standard InChI is InChI=1S/C9H10Br2N2/c10-7-2-1-3-8(11)9(7)13-6-4-12-5-6/h1-3,6,12-13H,4-5H2. The van der Waals surface area contributed by atoms with E-state index in [1.807, 2.05) is 18.2 Å². The Kier molecular flexibility index (Phi) is 2.91. The third-order valence-electron chi connectivity index (χ3n) is 2.09. The van der Waals surface area contributed by atoms with Crippen LogP contribution in [0.5, 0.6) is 0 Å². The maximum Gasteiger partial charge on any atom is 0.0632 e. The van der Waals surface area contributed by atoms with Crippen LogP contribution in [0, 0.1) is 0 Å². The van der Waals surface area contributed by atoms with Crippen LogP contribution in [0.15, 0.2) is 27.1 Å². The molecule has 1 heterocycles. The van der Waals surface area contributed by atoms with Crippen molar-refractivity contribution in [2.24, 2.45) is 0 Å². The average molecular weight is 306 g/mol. The second-order valence-corrected chi connectivity index (χ2v) is 4.80. The van der Waals surface area contributed by atoms with E-state index in [0.717, 1.165) is 27.7 Å². The molecule has 2 N–H and O–H groups in total. The lowest BCUT2D eigenvalue weighted by Crippen LogP contribution is -2.51. The summed E-state index contributed by atoms with van der Waals surface area (Å²) in [7, 11) is 0. The van der Waals surface area contributed by atoms with Crippen molar-refractivity contribution in [2.45, 2.75) is 6.04 Å². The quantitative estimate of drug-likeness (QED) is 0.877. The highest BCUT2D eigenvalue weighted by atomic mass is 79.9. The molecule has 1 aliphatic heterocycles. The monoisotopic (exact) mass is 304 g/mol. The second-order valence-electron chi connectivity index (χ2n) is 3.10. The van der Waals surface area contributed by atoms with Crippen LogP contribution in [0.4, 0.5) is 5.69 Å².